The van der Waals surface area contributed by atoms with Crippen LogP contribution >= 0.6 is 0 Å². The first-order valence-electron chi connectivity index (χ1n) is 30.2. The van der Waals surface area contributed by atoms with Gasteiger partial charge in [0.25, 0.3) is 11.8 Å². The molecule has 3 heterocycles. The minimum absolute atomic E-state index is 0.00435. The Hall–Kier alpha value is -6.51. The number of methoxy groups -OCH3 is 2. The molecule has 5 N–H and O–H groups in total. The number of aliphatic hydroxyl groups is 1. The molecule has 2 saturated heterocycles. The van der Waals surface area contributed by atoms with Crippen LogP contribution in [0.3, 0.4) is 0 Å². The van der Waals surface area contributed by atoms with E-state index in [-0.39, 0.29) is 91.1 Å². The largest absolute Gasteiger partial charge is 0.396 e. The van der Waals surface area contributed by atoms with Gasteiger partial charge in [0, 0.05) is 90.7 Å². The number of unbranched alkanes of at least 4 members (excludes halogenated alkanes) is 4. The van der Waals surface area contributed by atoms with Gasteiger partial charge >= 0.3 is 0 Å². The number of carbonyl (C=O) groups excluding carboxylic acids is 9. The van der Waals surface area contributed by atoms with E-state index in [2.05, 4.69) is 21.3 Å². The number of benzene rings is 2. The summed E-state index contributed by atoms with van der Waals surface area (Å²) < 4.78 is 12.2. The number of hydrogen-bond acceptors (Lipinski definition) is 12. The number of nitrogens with one attached hydrogen (secondary N) is 4. The SMILES string of the molecule is CC[C@H](C)[C@@H]([C@@H](CC(=O)N1CCC[C@H]1[C@H](OC)[C@@H](C)C(=O)N[C@@H](Cc1ccccc1)C(=O)Nc1ccc(CNC(=O)CCCCCN2C(=O)C=CC2=O)cc1)OC)N(C)C(=O)[C@@H](NC(=O)[C@@H]1[C@H]2CC[C@H](C2)N1C(=O)CCCCCO)C(C)C. The predicted molar refractivity (Wildman–Crippen MR) is 314 cm³/mol. The predicted octanol–water partition coefficient (Wildman–Crippen LogP) is 5.45. The van der Waals surface area contributed by atoms with Crippen molar-refractivity contribution in [3.05, 3.63) is 77.9 Å². The number of imide groups is 1. The van der Waals surface area contributed by atoms with E-state index in [0.29, 0.717) is 83.0 Å². The number of aliphatic hydroxyl groups excluding tert-OH is 1. The highest BCUT2D eigenvalue weighted by Gasteiger charge is 2.52. The standard InChI is InChI=1S/C63H92N8O12/c1-9-41(4)57(68(6)63(81)56(40(2)3)67-62(80)58-45-27-30-47(37-45)71(58)54(76)24-16-12-18-35-72)50(82-7)38-55(77)69-34-19-22-49(69)59(83-8)42(5)60(78)66-48(36-43-20-13-10-14-21-43)61(79)65-46-28-25-44(26-29-46)39-64-51(73)23-15-11-17-33-70-52(74)31-32-53(70)75/h10,13-14,20-21,25-26,28-29,31-32,40-42,45,47-50,56-59,72H,9,11-12,15-19,22-24,27,30,33-39H2,1-8H3,(H,64,73)(H,65,79)(H,66,78)(H,67,80)/t41-,42+,45-,47+,48-,49-,50+,56-,57-,58-,59+/m0/s1. The number of ether oxygens (including phenoxy) is 2. The van der Waals surface area contributed by atoms with Gasteiger partial charge in [-0.3, -0.25) is 48.1 Å². The fourth-order valence-electron chi connectivity index (χ4n) is 12.6. The average Bonchev–Trinajstić information content (AvgIpc) is 2.90. The van der Waals surface area contributed by atoms with Crippen molar-refractivity contribution in [2.45, 2.75) is 192 Å². The zero-order chi connectivity index (χ0) is 60.3. The Morgan fingerprint density at radius 1 is 0.771 bits per heavy atom. The highest BCUT2D eigenvalue weighted by atomic mass is 16.5. The van der Waals surface area contributed by atoms with Gasteiger partial charge in [0.2, 0.25) is 41.4 Å². The first-order valence-corrected chi connectivity index (χ1v) is 30.2. The molecule has 11 atom stereocenters. The van der Waals surface area contributed by atoms with Gasteiger partial charge in [0.05, 0.1) is 36.6 Å². The molecule has 6 rings (SSSR count). The Labute approximate surface area is 490 Å². The smallest absolute Gasteiger partial charge is 0.253 e. The summed E-state index contributed by atoms with van der Waals surface area (Å²) in [5.74, 6) is -3.78. The number of amides is 9. The van der Waals surface area contributed by atoms with Crippen molar-refractivity contribution < 1.29 is 57.7 Å². The van der Waals surface area contributed by atoms with Gasteiger partial charge in [-0.25, -0.2) is 0 Å². The monoisotopic (exact) mass is 1150 g/mol. The highest BCUT2D eigenvalue weighted by Crippen LogP contribution is 2.43. The summed E-state index contributed by atoms with van der Waals surface area (Å²) in [6.07, 6.45) is 9.97. The maximum absolute atomic E-state index is 14.8. The maximum Gasteiger partial charge on any atom is 0.253 e. The molecule has 0 spiro atoms. The molecular formula is C63H92N8O12. The van der Waals surface area contributed by atoms with Crippen LogP contribution in [0.4, 0.5) is 5.69 Å². The van der Waals surface area contributed by atoms with Gasteiger partial charge < -0.3 is 50.5 Å². The summed E-state index contributed by atoms with van der Waals surface area (Å²) in [5, 5.41) is 21.2. The number of likely N-dealkylation sites (tertiary alicyclic amines) is 2. The number of fused-ring (bicyclic) bond motifs is 2. The van der Waals surface area contributed by atoms with E-state index in [0.717, 1.165) is 36.8 Å². The van der Waals surface area contributed by atoms with Crippen molar-refractivity contribution in [2.24, 2.45) is 23.7 Å². The zero-order valence-corrected chi connectivity index (χ0v) is 50.1. The lowest BCUT2D eigenvalue weighted by atomic mass is 9.89. The summed E-state index contributed by atoms with van der Waals surface area (Å²) in [6, 6.07) is 12.8. The van der Waals surface area contributed by atoms with Gasteiger partial charge in [-0.1, -0.05) is 96.3 Å². The minimum Gasteiger partial charge on any atom is -0.396 e. The van der Waals surface area contributed by atoms with Gasteiger partial charge in [0.15, 0.2) is 0 Å². The average molecular weight is 1150 g/mol. The molecule has 83 heavy (non-hydrogen) atoms. The first kappa shape index (κ1) is 65.6. The third-order valence-electron chi connectivity index (χ3n) is 17.5. The summed E-state index contributed by atoms with van der Waals surface area (Å²) in [4.78, 5) is 128. The van der Waals surface area contributed by atoms with Gasteiger partial charge in [-0.05, 0) is 98.8 Å². The van der Waals surface area contributed by atoms with Crippen LogP contribution in [0.1, 0.15) is 142 Å². The Bertz CT molecular complexity index is 2540. The maximum atomic E-state index is 14.8. The molecule has 1 aliphatic carbocycles. The number of carbonyl (C=O) groups is 9. The van der Waals surface area contributed by atoms with E-state index in [4.69, 9.17) is 9.47 Å². The molecule has 4 aliphatic rings. The molecule has 9 amide bonds. The van der Waals surface area contributed by atoms with E-state index in [1.54, 1.807) is 52.9 Å². The molecule has 2 aromatic rings. The number of rotatable bonds is 33. The fraction of sp³-hybridized carbons (Fsp3) is 0.635. The Morgan fingerprint density at radius 3 is 2.11 bits per heavy atom. The molecule has 3 aliphatic heterocycles. The number of piperidine rings is 1. The Morgan fingerprint density at radius 2 is 1.46 bits per heavy atom. The first-order chi connectivity index (χ1) is 39.8. The Kier molecular flexibility index (Phi) is 25.3. The van der Waals surface area contributed by atoms with Crippen LogP contribution in [0.25, 0.3) is 0 Å². The van der Waals surface area contributed by atoms with Crippen molar-refractivity contribution >= 4 is 58.9 Å². The van der Waals surface area contributed by atoms with Crippen LogP contribution in [-0.2, 0) is 65.6 Å². The fourth-order valence-corrected chi connectivity index (χ4v) is 12.6. The number of likely N-dealkylation sites (N-methyl/N-ethyl adjacent to an activating group) is 1. The molecular weight excluding hydrogens is 1060 g/mol. The van der Waals surface area contributed by atoms with Gasteiger partial charge in [-0.2, -0.15) is 0 Å². The van der Waals surface area contributed by atoms with E-state index in [9.17, 15) is 48.3 Å². The molecule has 3 fully saturated rings. The van der Waals surface area contributed by atoms with E-state index >= 15 is 0 Å². The third-order valence-corrected chi connectivity index (χ3v) is 17.5. The van der Waals surface area contributed by atoms with Crippen LogP contribution in [0.15, 0.2) is 66.7 Å². The van der Waals surface area contributed by atoms with Crippen LogP contribution in [0.2, 0.25) is 0 Å². The Balaban J connectivity index is 1.06. The summed E-state index contributed by atoms with van der Waals surface area (Å²) >= 11 is 0. The van der Waals surface area contributed by atoms with Crippen LogP contribution in [0.5, 0.6) is 0 Å². The molecule has 0 unspecified atom stereocenters. The van der Waals surface area contributed by atoms with Gasteiger partial charge in [-0.15, -0.1) is 0 Å². The van der Waals surface area contributed by atoms with Crippen LogP contribution in [0, 0.1) is 23.7 Å². The number of hydrogen-bond donors (Lipinski definition) is 5. The second-order valence-corrected chi connectivity index (χ2v) is 23.5. The lowest BCUT2D eigenvalue weighted by molar-refractivity contribution is -0.149. The number of nitrogens with zero attached hydrogens (tertiary/aromatic N) is 4. The lowest BCUT2D eigenvalue weighted by Gasteiger charge is -2.41. The quantitative estimate of drug-likeness (QED) is 0.0442. The summed E-state index contributed by atoms with van der Waals surface area (Å²) in [5.41, 5.74) is 2.13. The molecule has 2 bridgehead atoms. The van der Waals surface area contributed by atoms with Crippen molar-refractivity contribution in [1.82, 2.24) is 35.6 Å². The van der Waals surface area contributed by atoms with E-state index in [1.165, 1.54) is 31.3 Å². The van der Waals surface area contributed by atoms with E-state index < -0.39 is 60.1 Å². The van der Waals surface area contributed by atoms with Gasteiger partial charge in [0.1, 0.15) is 18.1 Å². The van der Waals surface area contributed by atoms with Crippen molar-refractivity contribution in [3.8, 4) is 0 Å². The molecule has 20 heteroatoms. The summed E-state index contributed by atoms with van der Waals surface area (Å²) in [6.45, 7) is 10.6. The third kappa shape index (κ3) is 17.5. The number of anilines is 1. The molecule has 0 aromatic heterocycles. The molecule has 0 radical (unpaired) electrons. The highest BCUT2D eigenvalue weighted by molar-refractivity contribution is 6.12. The van der Waals surface area contributed by atoms with Crippen LogP contribution < -0.4 is 21.3 Å². The second kappa shape index (κ2) is 32.0. The lowest BCUT2D eigenvalue weighted by Crippen LogP contribution is -2.60. The molecule has 456 valence electrons. The van der Waals surface area contributed by atoms with E-state index in [1.807, 2.05) is 58.0 Å². The van der Waals surface area contributed by atoms with Crippen LogP contribution in [-0.4, -0.2) is 167 Å². The molecule has 2 aromatic carbocycles. The van der Waals surface area contributed by atoms with Crippen molar-refractivity contribution in [3.63, 3.8) is 0 Å². The normalized spacial score (nSPS) is 20.9. The topological polar surface area (TPSA) is 253 Å². The molecule has 20 nitrogen and oxygen atoms in total. The van der Waals surface area contributed by atoms with Crippen molar-refractivity contribution in [2.75, 3.05) is 46.3 Å². The van der Waals surface area contributed by atoms with Crippen molar-refractivity contribution in [1.29, 1.82) is 0 Å². The second-order valence-electron chi connectivity index (χ2n) is 23.5. The zero-order valence-electron chi connectivity index (χ0n) is 50.1. The summed E-state index contributed by atoms with van der Waals surface area (Å²) in [7, 11) is 4.74. The molecule has 1 saturated carbocycles. The minimum atomic E-state index is -0.990.